The molecule has 2 unspecified atom stereocenters. The van der Waals surface area contributed by atoms with Crippen molar-refractivity contribution in [2.24, 2.45) is 10.9 Å². The molecule has 2 aliphatic heterocycles. The maximum absolute atomic E-state index is 12.9. The van der Waals surface area contributed by atoms with Gasteiger partial charge in [0, 0.05) is 46.0 Å². The van der Waals surface area contributed by atoms with E-state index in [0.717, 1.165) is 17.2 Å². The Morgan fingerprint density at radius 3 is 2.89 bits per heavy atom. The van der Waals surface area contributed by atoms with E-state index in [1.165, 1.54) is 40.2 Å². The summed E-state index contributed by atoms with van der Waals surface area (Å²) in [5.74, 6) is -1.77. The summed E-state index contributed by atoms with van der Waals surface area (Å²) in [6.45, 7) is 1.82. The molecular formula is C19H22N8O5S4. The molecule has 0 saturated carbocycles. The Kier molecular flexibility index (Phi) is 7.93. The number of thioether (sulfide) groups is 3. The highest BCUT2D eigenvalue weighted by molar-refractivity contribution is 8.05. The van der Waals surface area contributed by atoms with Crippen molar-refractivity contribution in [3.8, 4) is 0 Å². The maximum Gasteiger partial charge on any atom is 0.322 e. The van der Waals surface area contributed by atoms with Crippen LogP contribution < -0.4 is 16.8 Å². The predicted molar refractivity (Wildman–Crippen MR) is 138 cm³/mol. The lowest BCUT2D eigenvalue weighted by Crippen LogP contribution is -2.74. The molecule has 0 aliphatic carbocycles. The van der Waals surface area contributed by atoms with Crippen molar-refractivity contribution in [2.45, 2.75) is 39.1 Å². The minimum Gasteiger partial charge on any atom is -0.480 e. The second kappa shape index (κ2) is 10.8. The number of anilines is 1. The van der Waals surface area contributed by atoms with E-state index in [1.807, 2.05) is 13.0 Å². The molecule has 13 nitrogen and oxygen atoms in total. The summed E-state index contributed by atoms with van der Waals surface area (Å²) < 4.78 is 2.54. The lowest BCUT2D eigenvalue weighted by Gasteiger charge is -2.53. The van der Waals surface area contributed by atoms with E-state index >= 15 is 0 Å². The number of aromatic nitrogens is 3. The largest absolute Gasteiger partial charge is 0.480 e. The normalized spacial score (nSPS) is 24.6. The Labute approximate surface area is 222 Å². The number of amides is 2. The van der Waals surface area contributed by atoms with Gasteiger partial charge in [-0.1, -0.05) is 5.16 Å². The third-order valence-electron chi connectivity index (χ3n) is 5.34. The molecule has 7 N–H and O–H groups in total. The fourth-order valence-electron chi connectivity index (χ4n) is 3.56. The Morgan fingerprint density at radius 2 is 2.25 bits per heavy atom. The van der Waals surface area contributed by atoms with Crippen LogP contribution in [0.4, 0.5) is 5.13 Å². The summed E-state index contributed by atoms with van der Waals surface area (Å²) in [6, 6.07) is 2.64. The van der Waals surface area contributed by atoms with Gasteiger partial charge in [-0.15, -0.1) is 35.3 Å². The van der Waals surface area contributed by atoms with E-state index < -0.39 is 39.7 Å². The highest BCUT2D eigenvalue weighted by Gasteiger charge is 2.58. The zero-order chi connectivity index (χ0) is 26.0. The lowest BCUT2D eigenvalue weighted by atomic mass is 10.0. The SMILES string of the molecule is CC(N)SCc1ncccc1SC1(C(=O)O)CS[C@@H]2[C@H](NC(=O)/C(=N\O)c3nsc(N)n3)C(=O)N2C1. The summed E-state index contributed by atoms with van der Waals surface area (Å²) in [5, 5.41) is 24.4. The molecule has 4 heterocycles. The number of pyridine rings is 1. The van der Waals surface area contributed by atoms with E-state index in [-0.39, 0.29) is 28.6 Å². The van der Waals surface area contributed by atoms with Crippen LogP contribution >= 0.6 is 46.8 Å². The second-order valence-electron chi connectivity index (χ2n) is 7.89. The number of fused-ring (bicyclic) bond motifs is 1. The number of rotatable bonds is 9. The minimum atomic E-state index is -1.30. The van der Waals surface area contributed by atoms with Crippen LogP contribution in [-0.4, -0.2) is 86.9 Å². The first-order chi connectivity index (χ1) is 17.1. The van der Waals surface area contributed by atoms with Crippen LogP contribution in [0.3, 0.4) is 0 Å². The van der Waals surface area contributed by atoms with Gasteiger partial charge in [-0.2, -0.15) is 9.36 Å². The summed E-state index contributed by atoms with van der Waals surface area (Å²) >= 11 is 4.74. The van der Waals surface area contributed by atoms with Gasteiger partial charge in [-0.05, 0) is 19.1 Å². The Balaban J connectivity index is 1.46. The van der Waals surface area contributed by atoms with Gasteiger partial charge in [-0.25, -0.2) is 0 Å². The average molecular weight is 571 g/mol. The van der Waals surface area contributed by atoms with E-state index in [4.69, 9.17) is 11.5 Å². The molecule has 2 aromatic heterocycles. The first-order valence-electron chi connectivity index (χ1n) is 10.4. The first-order valence-corrected chi connectivity index (χ1v) is 14.1. The summed E-state index contributed by atoms with van der Waals surface area (Å²) in [7, 11) is 0. The van der Waals surface area contributed by atoms with E-state index in [2.05, 4.69) is 24.8 Å². The maximum atomic E-state index is 12.9. The molecule has 36 heavy (non-hydrogen) atoms. The summed E-state index contributed by atoms with van der Waals surface area (Å²) in [5.41, 5.74) is 11.6. The monoisotopic (exact) mass is 570 g/mol. The molecule has 0 spiro atoms. The number of hydrogen-bond acceptors (Lipinski definition) is 14. The quantitative estimate of drug-likeness (QED) is 0.0901. The smallest absolute Gasteiger partial charge is 0.322 e. The third kappa shape index (κ3) is 5.24. The van der Waals surface area contributed by atoms with Crippen LogP contribution in [0, 0.1) is 0 Å². The van der Waals surface area contributed by atoms with Gasteiger partial charge >= 0.3 is 5.97 Å². The zero-order valence-corrected chi connectivity index (χ0v) is 22.0. The Morgan fingerprint density at radius 1 is 1.47 bits per heavy atom. The lowest BCUT2D eigenvalue weighted by molar-refractivity contribution is -0.151. The number of nitrogens with two attached hydrogens (primary N) is 2. The second-order valence-corrected chi connectivity index (χ2v) is 12.6. The highest BCUT2D eigenvalue weighted by atomic mass is 32.2. The number of hydrogen-bond donors (Lipinski definition) is 5. The Hall–Kier alpha value is -2.60. The first kappa shape index (κ1) is 26.5. The number of carbonyl (C=O) groups is 3. The van der Waals surface area contributed by atoms with Gasteiger partial charge in [0.2, 0.25) is 17.4 Å². The van der Waals surface area contributed by atoms with Gasteiger partial charge in [0.05, 0.1) is 5.69 Å². The molecule has 0 bridgehead atoms. The van der Waals surface area contributed by atoms with Crippen molar-refractivity contribution < 1.29 is 24.7 Å². The predicted octanol–water partition coefficient (Wildman–Crippen LogP) is 0.247. The number of carbonyl (C=O) groups excluding carboxylic acids is 2. The van der Waals surface area contributed by atoms with Crippen molar-refractivity contribution in [3.63, 3.8) is 0 Å². The number of carboxylic acid groups (broad SMARTS) is 1. The van der Waals surface area contributed by atoms with Crippen molar-refractivity contribution in [2.75, 3.05) is 18.0 Å². The molecule has 4 atom stereocenters. The van der Waals surface area contributed by atoms with E-state index in [1.54, 1.807) is 12.3 Å². The topological polar surface area (TPSA) is 210 Å². The Bertz CT molecular complexity index is 1210. The molecule has 2 amide bonds. The number of oxime groups is 1. The molecular weight excluding hydrogens is 549 g/mol. The van der Waals surface area contributed by atoms with E-state index in [9.17, 15) is 24.7 Å². The van der Waals surface area contributed by atoms with Crippen LogP contribution in [0.25, 0.3) is 0 Å². The molecule has 2 aromatic rings. The number of nitrogens with one attached hydrogen (secondary N) is 1. The fourth-order valence-corrected chi connectivity index (χ4v) is 7.67. The molecule has 0 aromatic carbocycles. The van der Waals surface area contributed by atoms with Crippen LogP contribution in [0.5, 0.6) is 0 Å². The molecule has 4 rings (SSSR count). The number of nitrogens with zero attached hydrogens (tertiary/aromatic N) is 5. The molecule has 2 saturated heterocycles. The molecule has 17 heteroatoms. The van der Waals surface area contributed by atoms with Crippen LogP contribution in [0.15, 0.2) is 28.4 Å². The molecule has 192 valence electrons. The number of carboxylic acids is 1. The third-order valence-corrected chi connectivity index (χ3v) is 9.99. The van der Waals surface area contributed by atoms with E-state index in [0.29, 0.717) is 10.6 Å². The van der Waals surface area contributed by atoms with Gasteiger partial charge in [0.25, 0.3) is 5.91 Å². The van der Waals surface area contributed by atoms with Gasteiger partial charge in [0.15, 0.2) is 5.13 Å². The van der Waals surface area contributed by atoms with Crippen molar-refractivity contribution in [1.82, 2.24) is 24.6 Å². The highest BCUT2D eigenvalue weighted by Crippen LogP contribution is 2.47. The average Bonchev–Trinajstić information content (AvgIpc) is 3.27. The molecule has 2 fully saturated rings. The minimum absolute atomic E-state index is 0.0459. The number of nitrogen functional groups attached to an aromatic ring is 1. The van der Waals surface area contributed by atoms with Gasteiger partial charge in [-0.3, -0.25) is 19.4 Å². The zero-order valence-electron chi connectivity index (χ0n) is 18.7. The number of β-lactam (4-membered cyclic amide) rings is 1. The summed E-state index contributed by atoms with van der Waals surface area (Å²) in [4.78, 5) is 48.3. The van der Waals surface area contributed by atoms with Crippen molar-refractivity contribution in [1.29, 1.82) is 0 Å². The van der Waals surface area contributed by atoms with Crippen molar-refractivity contribution >= 4 is 75.4 Å². The van der Waals surface area contributed by atoms with Crippen LogP contribution in [-0.2, 0) is 20.1 Å². The standard InChI is InChI=1S/C19H22N8O5S4/c1-8(20)33-5-9-10(3-2-4-22-9)35-19(17(30)31)6-27-15(29)12(16(27)34-7-19)23-14(28)11(25-32)13-24-18(21)36-26-13/h2-4,8,12,16,32H,5-7,20H2,1H3,(H,23,28)(H,30,31)(H2,21,24,26)/b25-11-/t8?,12-,16-,19?/m1/s1. The molecule has 0 radical (unpaired) electrons. The summed E-state index contributed by atoms with van der Waals surface area (Å²) in [6.07, 6.45) is 1.64. The molecule has 2 aliphatic rings. The van der Waals surface area contributed by atoms with Crippen LogP contribution in [0.1, 0.15) is 18.4 Å². The van der Waals surface area contributed by atoms with Crippen molar-refractivity contribution in [3.05, 3.63) is 29.8 Å². The number of aliphatic carboxylic acids is 1. The fraction of sp³-hybridized carbons (Fsp3) is 0.421. The van der Waals surface area contributed by atoms with Gasteiger partial charge in [0.1, 0.15) is 16.2 Å². The van der Waals surface area contributed by atoms with Gasteiger partial charge < -0.3 is 32.0 Å². The van der Waals surface area contributed by atoms with Crippen LogP contribution in [0.2, 0.25) is 0 Å².